The SMILES string of the molecule is O=S(=O)(NC1CCCC1)c1ccc(CCNc2ncnc3c2cnn3-c2cccc(Cl)c2)cc1. The van der Waals surface area contributed by atoms with Crippen molar-refractivity contribution in [2.24, 2.45) is 0 Å². The lowest BCUT2D eigenvalue weighted by atomic mass is 10.1. The Bertz CT molecular complexity index is 1400. The van der Waals surface area contributed by atoms with E-state index in [0.717, 1.165) is 42.3 Å². The van der Waals surface area contributed by atoms with E-state index in [0.29, 0.717) is 34.3 Å². The van der Waals surface area contributed by atoms with Gasteiger partial charge in [-0.3, -0.25) is 0 Å². The van der Waals surface area contributed by atoms with Crippen LogP contribution in [-0.4, -0.2) is 40.8 Å². The van der Waals surface area contributed by atoms with Crippen molar-refractivity contribution in [3.8, 4) is 5.69 Å². The summed E-state index contributed by atoms with van der Waals surface area (Å²) in [5.41, 5.74) is 2.54. The summed E-state index contributed by atoms with van der Waals surface area (Å²) in [4.78, 5) is 9.06. The number of fused-ring (bicyclic) bond motifs is 1. The lowest BCUT2D eigenvalue weighted by molar-refractivity contribution is 0.552. The molecule has 34 heavy (non-hydrogen) atoms. The zero-order valence-corrected chi connectivity index (χ0v) is 20.1. The molecule has 5 rings (SSSR count). The molecule has 0 aliphatic heterocycles. The molecule has 176 valence electrons. The quantitative estimate of drug-likeness (QED) is 0.376. The van der Waals surface area contributed by atoms with Gasteiger partial charge in [-0.2, -0.15) is 5.10 Å². The van der Waals surface area contributed by atoms with Gasteiger partial charge in [0.1, 0.15) is 12.1 Å². The van der Waals surface area contributed by atoms with Gasteiger partial charge < -0.3 is 5.32 Å². The Morgan fingerprint density at radius 1 is 1.06 bits per heavy atom. The molecule has 2 aromatic carbocycles. The Labute approximate surface area is 203 Å². The van der Waals surface area contributed by atoms with Crippen LogP contribution >= 0.6 is 11.6 Å². The van der Waals surface area contributed by atoms with Crippen molar-refractivity contribution in [2.75, 3.05) is 11.9 Å². The molecular weight excluding hydrogens is 472 g/mol. The molecule has 8 nitrogen and oxygen atoms in total. The molecule has 1 aliphatic carbocycles. The number of anilines is 1. The number of nitrogens with one attached hydrogen (secondary N) is 2. The second-order valence-corrected chi connectivity index (χ2v) is 10.6. The molecule has 2 heterocycles. The third kappa shape index (κ3) is 4.91. The summed E-state index contributed by atoms with van der Waals surface area (Å²) in [6.07, 6.45) is 7.94. The predicted molar refractivity (Wildman–Crippen MR) is 133 cm³/mol. The Morgan fingerprint density at radius 2 is 1.85 bits per heavy atom. The fourth-order valence-corrected chi connectivity index (χ4v) is 5.76. The third-order valence-corrected chi connectivity index (χ3v) is 7.81. The van der Waals surface area contributed by atoms with E-state index in [2.05, 4.69) is 25.1 Å². The Morgan fingerprint density at radius 3 is 2.62 bits per heavy atom. The highest BCUT2D eigenvalue weighted by atomic mass is 35.5. The van der Waals surface area contributed by atoms with Crippen LogP contribution in [0.5, 0.6) is 0 Å². The molecule has 0 spiro atoms. The number of nitrogens with zero attached hydrogens (tertiary/aromatic N) is 4. The minimum absolute atomic E-state index is 0.0572. The summed E-state index contributed by atoms with van der Waals surface area (Å²) in [6, 6.07) is 14.5. The summed E-state index contributed by atoms with van der Waals surface area (Å²) in [7, 11) is -3.47. The second kappa shape index (κ2) is 9.69. The molecular formula is C24H25ClN6O2S. The topological polar surface area (TPSA) is 102 Å². The molecule has 1 aliphatic rings. The molecule has 1 saturated carbocycles. The normalized spacial score (nSPS) is 14.6. The van der Waals surface area contributed by atoms with Crippen LogP contribution in [0.4, 0.5) is 5.82 Å². The van der Waals surface area contributed by atoms with Crippen LogP contribution in [0.25, 0.3) is 16.7 Å². The zero-order chi connectivity index (χ0) is 23.5. The van der Waals surface area contributed by atoms with Gasteiger partial charge in [0.25, 0.3) is 0 Å². The van der Waals surface area contributed by atoms with E-state index in [1.54, 1.807) is 23.0 Å². The van der Waals surface area contributed by atoms with E-state index in [4.69, 9.17) is 11.6 Å². The minimum Gasteiger partial charge on any atom is -0.369 e. The van der Waals surface area contributed by atoms with Crippen molar-refractivity contribution in [3.63, 3.8) is 0 Å². The molecule has 4 aromatic rings. The summed E-state index contributed by atoms with van der Waals surface area (Å²) in [6.45, 7) is 0.626. The monoisotopic (exact) mass is 496 g/mol. The maximum Gasteiger partial charge on any atom is 0.240 e. The molecule has 10 heteroatoms. The van der Waals surface area contributed by atoms with Gasteiger partial charge in [0.2, 0.25) is 10.0 Å². The van der Waals surface area contributed by atoms with Gasteiger partial charge in [-0.1, -0.05) is 42.6 Å². The fraction of sp³-hybridized carbons (Fsp3) is 0.292. The van der Waals surface area contributed by atoms with Crippen molar-refractivity contribution in [1.82, 2.24) is 24.5 Å². The number of hydrogen-bond acceptors (Lipinski definition) is 6. The molecule has 0 atom stereocenters. The van der Waals surface area contributed by atoms with Crippen molar-refractivity contribution in [2.45, 2.75) is 43.0 Å². The van der Waals surface area contributed by atoms with E-state index in [1.807, 2.05) is 36.4 Å². The van der Waals surface area contributed by atoms with E-state index >= 15 is 0 Å². The first-order chi connectivity index (χ1) is 16.5. The molecule has 0 amide bonds. The van der Waals surface area contributed by atoms with Crippen LogP contribution in [0.15, 0.2) is 66.0 Å². The van der Waals surface area contributed by atoms with Gasteiger partial charge in [0, 0.05) is 17.6 Å². The Balaban J connectivity index is 1.24. The summed E-state index contributed by atoms with van der Waals surface area (Å²) < 4.78 is 29.7. The van der Waals surface area contributed by atoms with Crippen LogP contribution in [-0.2, 0) is 16.4 Å². The smallest absolute Gasteiger partial charge is 0.240 e. The van der Waals surface area contributed by atoms with Crippen LogP contribution in [0.1, 0.15) is 31.2 Å². The van der Waals surface area contributed by atoms with E-state index < -0.39 is 10.0 Å². The highest BCUT2D eigenvalue weighted by Gasteiger charge is 2.22. The van der Waals surface area contributed by atoms with Gasteiger partial charge in [-0.05, 0) is 55.2 Å². The second-order valence-electron chi connectivity index (χ2n) is 8.42. The predicted octanol–water partition coefficient (Wildman–Crippen LogP) is 4.34. The van der Waals surface area contributed by atoms with Crippen LogP contribution in [0, 0.1) is 0 Å². The number of hydrogen-bond donors (Lipinski definition) is 2. The van der Waals surface area contributed by atoms with Gasteiger partial charge in [0.05, 0.1) is 22.2 Å². The lowest BCUT2D eigenvalue weighted by Crippen LogP contribution is -2.32. The Hall–Kier alpha value is -3.01. The number of rotatable bonds is 8. The van der Waals surface area contributed by atoms with Crippen LogP contribution in [0.3, 0.4) is 0 Å². The maximum atomic E-state index is 12.6. The van der Waals surface area contributed by atoms with Crippen molar-refractivity contribution in [1.29, 1.82) is 0 Å². The van der Waals surface area contributed by atoms with Gasteiger partial charge in [-0.25, -0.2) is 27.8 Å². The summed E-state index contributed by atoms with van der Waals surface area (Å²) in [5.74, 6) is 0.693. The van der Waals surface area contributed by atoms with Gasteiger partial charge in [-0.15, -0.1) is 0 Å². The maximum absolute atomic E-state index is 12.6. The standard InChI is InChI=1S/C24H25ClN6O2S/c25-18-4-3-7-20(14-18)31-24-22(15-29-31)23(27-16-28-24)26-13-12-17-8-10-21(11-9-17)34(32,33)30-19-5-1-2-6-19/h3-4,7-11,14-16,19,30H,1-2,5-6,12-13H2,(H,26,27,28). The van der Waals surface area contributed by atoms with Crippen LogP contribution < -0.4 is 10.0 Å². The first kappa shape index (κ1) is 22.8. The molecule has 0 unspecified atom stereocenters. The van der Waals surface area contributed by atoms with E-state index in [-0.39, 0.29) is 6.04 Å². The highest BCUT2D eigenvalue weighted by molar-refractivity contribution is 7.89. The van der Waals surface area contributed by atoms with Crippen molar-refractivity contribution >= 4 is 38.5 Å². The molecule has 2 N–H and O–H groups in total. The van der Waals surface area contributed by atoms with Crippen LogP contribution in [0.2, 0.25) is 5.02 Å². The van der Waals surface area contributed by atoms with E-state index in [1.165, 1.54) is 6.33 Å². The molecule has 0 radical (unpaired) electrons. The largest absolute Gasteiger partial charge is 0.369 e. The summed E-state index contributed by atoms with van der Waals surface area (Å²) in [5, 5.41) is 9.23. The minimum atomic E-state index is -3.47. The number of benzene rings is 2. The van der Waals surface area contributed by atoms with E-state index in [9.17, 15) is 8.42 Å². The summed E-state index contributed by atoms with van der Waals surface area (Å²) >= 11 is 6.12. The molecule has 1 fully saturated rings. The first-order valence-electron chi connectivity index (χ1n) is 11.3. The lowest BCUT2D eigenvalue weighted by Gasteiger charge is -2.13. The third-order valence-electron chi connectivity index (χ3n) is 6.04. The average Bonchev–Trinajstić information content (AvgIpc) is 3.49. The molecule has 0 saturated heterocycles. The first-order valence-corrected chi connectivity index (χ1v) is 13.2. The number of halogens is 1. The average molecular weight is 497 g/mol. The Kier molecular flexibility index (Phi) is 6.49. The molecule has 2 aromatic heterocycles. The van der Waals surface area contributed by atoms with Crippen molar-refractivity contribution < 1.29 is 8.42 Å². The van der Waals surface area contributed by atoms with Gasteiger partial charge in [0.15, 0.2) is 5.65 Å². The fourth-order valence-electron chi connectivity index (χ4n) is 4.27. The van der Waals surface area contributed by atoms with Crippen molar-refractivity contribution in [3.05, 3.63) is 71.6 Å². The van der Waals surface area contributed by atoms with Gasteiger partial charge >= 0.3 is 0 Å². The number of aromatic nitrogens is 4. The highest BCUT2D eigenvalue weighted by Crippen LogP contribution is 2.23. The molecule has 0 bridgehead atoms. The number of sulfonamides is 1. The zero-order valence-electron chi connectivity index (χ0n) is 18.5.